The highest BCUT2D eigenvalue weighted by Gasteiger charge is 2.03. The summed E-state index contributed by atoms with van der Waals surface area (Å²) < 4.78 is 18.1. The Morgan fingerprint density at radius 3 is 2.92 bits per heavy atom. The van der Waals surface area contributed by atoms with Crippen molar-refractivity contribution in [3.63, 3.8) is 0 Å². The molecule has 2 heteroatoms. The van der Waals surface area contributed by atoms with Crippen molar-refractivity contribution in [2.75, 3.05) is 13.7 Å². The molecule has 0 aliphatic carbocycles. The summed E-state index contributed by atoms with van der Waals surface area (Å²) in [4.78, 5) is 0. The normalized spacial score (nSPS) is 10.2. The van der Waals surface area contributed by atoms with E-state index in [0.717, 1.165) is 0 Å². The molecule has 0 saturated heterocycles. The molecule has 0 aliphatic heterocycles. The van der Waals surface area contributed by atoms with E-state index in [1.165, 1.54) is 0 Å². The number of hydrogen-bond acceptors (Lipinski definition) is 1. The highest BCUT2D eigenvalue weighted by Crippen LogP contribution is 2.13. The largest absolute Gasteiger partial charge is 0.384 e. The molecule has 1 radical (unpaired) electrons. The van der Waals surface area contributed by atoms with Crippen molar-refractivity contribution in [1.82, 2.24) is 0 Å². The van der Waals surface area contributed by atoms with Gasteiger partial charge in [0, 0.05) is 13.5 Å². The van der Waals surface area contributed by atoms with Crippen LogP contribution in [0.3, 0.4) is 0 Å². The molecule has 12 heavy (non-hydrogen) atoms. The number of rotatable bonds is 3. The van der Waals surface area contributed by atoms with Crippen molar-refractivity contribution in [3.05, 3.63) is 41.6 Å². The molecule has 1 aromatic rings. The van der Waals surface area contributed by atoms with Gasteiger partial charge >= 0.3 is 0 Å². The molecule has 0 bridgehead atoms. The topological polar surface area (TPSA) is 9.23 Å². The molecule has 0 amide bonds. The monoisotopic (exact) mass is 167 g/mol. The second kappa shape index (κ2) is 4.21. The van der Waals surface area contributed by atoms with Gasteiger partial charge in [-0.25, -0.2) is 4.39 Å². The van der Waals surface area contributed by atoms with E-state index in [9.17, 15) is 4.39 Å². The molecule has 0 unspecified atom stereocenters. The molecule has 0 spiro atoms. The van der Waals surface area contributed by atoms with Crippen molar-refractivity contribution >= 4 is 0 Å². The third-order valence-electron chi connectivity index (χ3n) is 1.69. The van der Waals surface area contributed by atoms with E-state index >= 15 is 0 Å². The van der Waals surface area contributed by atoms with Crippen molar-refractivity contribution in [2.24, 2.45) is 0 Å². The molecule has 0 heterocycles. The summed E-state index contributed by atoms with van der Waals surface area (Å²) in [7, 11) is 1.59. The number of ether oxygens (including phenoxy) is 1. The molecule has 0 aliphatic rings. The van der Waals surface area contributed by atoms with Gasteiger partial charge in [-0.2, -0.15) is 0 Å². The number of benzene rings is 1. The van der Waals surface area contributed by atoms with Crippen LogP contribution in [0.2, 0.25) is 0 Å². The third-order valence-corrected chi connectivity index (χ3v) is 1.69. The Morgan fingerprint density at radius 1 is 1.50 bits per heavy atom. The molecule has 0 aromatic heterocycles. The number of halogens is 1. The minimum atomic E-state index is -0.158. The molecule has 0 fully saturated rings. The first-order valence-corrected chi connectivity index (χ1v) is 3.83. The predicted octanol–water partition coefficient (Wildman–Crippen LogP) is 2.33. The van der Waals surface area contributed by atoms with Crippen LogP contribution in [0.15, 0.2) is 18.2 Å². The van der Waals surface area contributed by atoms with Gasteiger partial charge in [-0.05, 0) is 18.1 Å². The van der Waals surface area contributed by atoms with E-state index in [4.69, 9.17) is 4.74 Å². The van der Waals surface area contributed by atoms with Crippen LogP contribution < -0.4 is 0 Å². The van der Waals surface area contributed by atoms with Gasteiger partial charge in [0.1, 0.15) is 5.82 Å². The van der Waals surface area contributed by atoms with Crippen LogP contribution in [0.25, 0.3) is 0 Å². The summed E-state index contributed by atoms with van der Waals surface area (Å²) in [5, 5.41) is 0. The Bertz CT molecular complexity index is 258. The molecule has 1 rings (SSSR count). The summed E-state index contributed by atoms with van der Waals surface area (Å²) >= 11 is 0. The van der Waals surface area contributed by atoms with Crippen LogP contribution in [-0.2, 0) is 4.74 Å². The van der Waals surface area contributed by atoms with Crippen LogP contribution in [-0.4, -0.2) is 13.7 Å². The van der Waals surface area contributed by atoms with Crippen LogP contribution >= 0.6 is 0 Å². The Labute approximate surface area is 72.2 Å². The fraction of sp³-hybridized carbons (Fsp3) is 0.300. The fourth-order valence-corrected chi connectivity index (χ4v) is 1.00. The second-order valence-corrected chi connectivity index (χ2v) is 2.64. The van der Waals surface area contributed by atoms with E-state index in [-0.39, 0.29) is 5.82 Å². The molecular weight excluding hydrogens is 155 g/mol. The van der Waals surface area contributed by atoms with Crippen molar-refractivity contribution < 1.29 is 9.13 Å². The lowest BCUT2D eigenvalue weighted by Crippen LogP contribution is -1.96. The van der Waals surface area contributed by atoms with Gasteiger partial charge in [-0.3, -0.25) is 0 Å². The quantitative estimate of drug-likeness (QED) is 0.671. The van der Waals surface area contributed by atoms with Gasteiger partial charge < -0.3 is 4.74 Å². The Hall–Kier alpha value is -0.890. The minimum absolute atomic E-state index is 0.158. The fourth-order valence-electron chi connectivity index (χ4n) is 1.00. The van der Waals surface area contributed by atoms with E-state index in [1.54, 1.807) is 32.6 Å². The maximum Gasteiger partial charge on any atom is 0.129 e. The van der Waals surface area contributed by atoms with Gasteiger partial charge in [-0.15, -0.1) is 0 Å². The van der Waals surface area contributed by atoms with E-state index < -0.39 is 0 Å². The Balaban J connectivity index is 2.78. The zero-order chi connectivity index (χ0) is 8.97. The molecule has 0 N–H and O–H groups in total. The summed E-state index contributed by atoms with van der Waals surface area (Å²) in [5.74, 6) is -0.158. The highest BCUT2D eigenvalue weighted by molar-refractivity contribution is 5.30. The summed E-state index contributed by atoms with van der Waals surface area (Å²) in [6.07, 6.45) is 1.72. The summed E-state index contributed by atoms with van der Waals surface area (Å²) in [5.41, 5.74) is 1.27. The van der Waals surface area contributed by atoms with Gasteiger partial charge in [0.15, 0.2) is 0 Å². The molecule has 65 valence electrons. The lowest BCUT2D eigenvalue weighted by atomic mass is 10.1. The lowest BCUT2D eigenvalue weighted by molar-refractivity contribution is 0.225. The predicted molar refractivity (Wildman–Crippen MR) is 46.4 cm³/mol. The maximum absolute atomic E-state index is 13.2. The lowest BCUT2D eigenvalue weighted by Gasteiger charge is -2.03. The molecule has 0 saturated carbocycles. The highest BCUT2D eigenvalue weighted by atomic mass is 19.1. The van der Waals surface area contributed by atoms with Crippen molar-refractivity contribution in [2.45, 2.75) is 6.92 Å². The van der Waals surface area contributed by atoms with Crippen LogP contribution in [0.5, 0.6) is 0 Å². The van der Waals surface area contributed by atoms with Crippen LogP contribution in [0.4, 0.5) is 4.39 Å². The van der Waals surface area contributed by atoms with Gasteiger partial charge in [0.25, 0.3) is 0 Å². The minimum Gasteiger partial charge on any atom is -0.384 e. The maximum atomic E-state index is 13.2. The van der Waals surface area contributed by atoms with Gasteiger partial charge in [0.2, 0.25) is 0 Å². The first-order chi connectivity index (χ1) is 5.75. The summed E-state index contributed by atoms with van der Waals surface area (Å²) in [6.45, 7) is 2.19. The number of aryl methyl sites for hydroxylation is 1. The van der Waals surface area contributed by atoms with E-state index in [2.05, 4.69) is 0 Å². The molecular formula is C10H12FO. The van der Waals surface area contributed by atoms with Gasteiger partial charge in [0.05, 0.1) is 6.61 Å². The SMILES string of the molecule is COC[CH]c1cccc(C)c1F. The summed E-state index contributed by atoms with van der Waals surface area (Å²) in [6, 6.07) is 5.32. The number of hydrogen-bond donors (Lipinski definition) is 0. The zero-order valence-corrected chi connectivity index (χ0v) is 7.30. The van der Waals surface area contributed by atoms with Crippen molar-refractivity contribution in [1.29, 1.82) is 0 Å². The Kier molecular flexibility index (Phi) is 3.23. The van der Waals surface area contributed by atoms with Crippen LogP contribution in [0.1, 0.15) is 11.1 Å². The van der Waals surface area contributed by atoms with Crippen molar-refractivity contribution in [3.8, 4) is 0 Å². The smallest absolute Gasteiger partial charge is 0.129 e. The van der Waals surface area contributed by atoms with E-state index in [1.807, 2.05) is 6.07 Å². The average molecular weight is 167 g/mol. The number of methoxy groups -OCH3 is 1. The molecule has 1 aromatic carbocycles. The Morgan fingerprint density at radius 2 is 2.25 bits per heavy atom. The third kappa shape index (κ3) is 2.05. The van der Waals surface area contributed by atoms with Crippen LogP contribution in [0, 0.1) is 19.2 Å². The molecule has 0 atom stereocenters. The van der Waals surface area contributed by atoms with Gasteiger partial charge in [-0.1, -0.05) is 18.2 Å². The van der Waals surface area contributed by atoms with E-state index in [0.29, 0.717) is 17.7 Å². The average Bonchev–Trinajstić information content (AvgIpc) is 2.08. The first kappa shape index (κ1) is 9.20. The standard InChI is InChI=1S/C10H12FO/c1-8-4-3-5-9(10(8)11)6-7-12-2/h3-6H,7H2,1-2H3. The second-order valence-electron chi connectivity index (χ2n) is 2.64. The first-order valence-electron chi connectivity index (χ1n) is 3.83. The molecule has 1 nitrogen and oxygen atoms in total. The zero-order valence-electron chi connectivity index (χ0n) is 7.30.